The zero-order chi connectivity index (χ0) is 14.9. The number of aromatic amines is 1. The maximum atomic E-state index is 9.62. The van der Waals surface area contributed by atoms with Gasteiger partial charge in [0.2, 0.25) is 0 Å². The first kappa shape index (κ1) is 13.2. The van der Waals surface area contributed by atoms with Gasteiger partial charge < -0.3 is 15.0 Å². The maximum absolute atomic E-state index is 9.62. The zero-order valence-electron chi connectivity index (χ0n) is 12.1. The lowest BCUT2D eigenvalue weighted by Gasteiger charge is -2.30. The van der Waals surface area contributed by atoms with E-state index in [2.05, 4.69) is 24.8 Å². The molecule has 0 radical (unpaired) electrons. The van der Waals surface area contributed by atoms with Crippen LogP contribution in [-0.2, 0) is 0 Å². The van der Waals surface area contributed by atoms with Crippen molar-refractivity contribution in [2.24, 2.45) is 0 Å². The highest BCUT2D eigenvalue weighted by atomic mass is 16.3. The Kier molecular flexibility index (Phi) is 3.23. The normalized spacial score (nSPS) is 16.3. The van der Waals surface area contributed by atoms with Crippen LogP contribution in [-0.4, -0.2) is 44.2 Å². The highest BCUT2D eigenvalue weighted by Crippen LogP contribution is 2.24. The predicted octanol–water partition coefficient (Wildman–Crippen LogP) is 1.98. The lowest BCUT2D eigenvalue weighted by atomic mass is 10.1. The number of hydrogen-bond donors (Lipinski definition) is 2. The second-order valence-corrected chi connectivity index (χ2v) is 5.59. The number of aromatic nitrogens is 4. The molecule has 1 aliphatic heterocycles. The summed E-state index contributed by atoms with van der Waals surface area (Å²) in [5.41, 5.74) is 3.50. The first-order valence-corrected chi connectivity index (χ1v) is 7.49. The molecule has 22 heavy (non-hydrogen) atoms. The number of pyridine rings is 1. The number of hydrogen-bond acceptors (Lipinski definition) is 5. The number of aliphatic hydroxyl groups excluding tert-OH is 1. The van der Waals surface area contributed by atoms with Gasteiger partial charge in [0.05, 0.1) is 18.0 Å². The maximum Gasteiger partial charge on any atom is 0.156 e. The number of anilines is 1. The SMILES string of the molecule is OC1CCN(c2cc(-c3cnc4[nH]ccc4n3)ccn2)CC1. The van der Waals surface area contributed by atoms with E-state index in [9.17, 15) is 5.11 Å². The topological polar surface area (TPSA) is 77.9 Å². The van der Waals surface area contributed by atoms with Gasteiger partial charge in [-0.25, -0.2) is 15.0 Å². The molecule has 0 amide bonds. The van der Waals surface area contributed by atoms with Crippen molar-refractivity contribution in [2.75, 3.05) is 18.0 Å². The van der Waals surface area contributed by atoms with Crippen LogP contribution < -0.4 is 4.90 Å². The fourth-order valence-corrected chi connectivity index (χ4v) is 2.82. The summed E-state index contributed by atoms with van der Waals surface area (Å²) in [6.45, 7) is 1.67. The predicted molar refractivity (Wildman–Crippen MR) is 84.6 cm³/mol. The summed E-state index contributed by atoms with van der Waals surface area (Å²) >= 11 is 0. The van der Waals surface area contributed by atoms with E-state index >= 15 is 0 Å². The van der Waals surface area contributed by atoms with Gasteiger partial charge in [-0.1, -0.05) is 0 Å². The summed E-state index contributed by atoms with van der Waals surface area (Å²) in [5, 5.41) is 9.62. The number of H-pyrrole nitrogens is 1. The molecule has 0 aromatic carbocycles. The summed E-state index contributed by atoms with van der Waals surface area (Å²) < 4.78 is 0. The molecule has 3 aromatic heterocycles. The Morgan fingerprint density at radius 1 is 1.18 bits per heavy atom. The number of nitrogens with one attached hydrogen (secondary N) is 1. The van der Waals surface area contributed by atoms with E-state index in [1.807, 2.05) is 24.4 Å². The van der Waals surface area contributed by atoms with E-state index in [1.165, 1.54) is 0 Å². The number of aliphatic hydroxyl groups is 1. The van der Waals surface area contributed by atoms with Gasteiger partial charge in [0, 0.05) is 31.0 Å². The first-order chi connectivity index (χ1) is 10.8. The molecule has 1 fully saturated rings. The molecule has 0 atom stereocenters. The number of nitrogens with zero attached hydrogens (tertiary/aromatic N) is 4. The minimum absolute atomic E-state index is 0.179. The van der Waals surface area contributed by atoms with Gasteiger partial charge in [-0.15, -0.1) is 0 Å². The van der Waals surface area contributed by atoms with Crippen LogP contribution in [0, 0.1) is 0 Å². The molecule has 6 nitrogen and oxygen atoms in total. The minimum Gasteiger partial charge on any atom is -0.393 e. The van der Waals surface area contributed by atoms with Crippen LogP contribution in [0.25, 0.3) is 22.4 Å². The second kappa shape index (κ2) is 5.38. The number of rotatable bonds is 2. The molecular formula is C16H17N5O. The molecule has 0 spiro atoms. The molecule has 0 bridgehead atoms. The lowest BCUT2D eigenvalue weighted by molar-refractivity contribution is 0.145. The van der Waals surface area contributed by atoms with Crippen LogP contribution in [0.2, 0.25) is 0 Å². The van der Waals surface area contributed by atoms with Crippen LogP contribution in [0.3, 0.4) is 0 Å². The van der Waals surface area contributed by atoms with Crippen molar-refractivity contribution >= 4 is 17.0 Å². The quantitative estimate of drug-likeness (QED) is 0.756. The molecule has 6 heteroatoms. The molecule has 0 aliphatic carbocycles. The summed E-state index contributed by atoms with van der Waals surface area (Å²) in [6.07, 6.45) is 6.82. The first-order valence-electron chi connectivity index (χ1n) is 7.49. The van der Waals surface area contributed by atoms with Gasteiger partial charge in [0.1, 0.15) is 11.3 Å². The van der Waals surface area contributed by atoms with Gasteiger partial charge >= 0.3 is 0 Å². The van der Waals surface area contributed by atoms with Gasteiger partial charge in [-0.2, -0.15) is 0 Å². The van der Waals surface area contributed by atoms with Crippen LogP contribution in [0.5, 0.6) is 0 Å². The Labute approximate surface area is 127 Å². The van der Waals surface area contributed by atoms with E-state index in [1.54, 1.807) is 12.4 Å². The van der Waals surface area contributed by atoms with E-state index in [4.69, 9.17) is 0 Å². The third kappa shape index (κ3) is 2.42. The molecule has 3 aromatic rings. The van der Waals surface area contributed by atoms with Crippen LogP contribution >= 0.6 is 0 Å². The second-order valence-electron chi connectivity index (χ2n) is 5.59. The highest BCUT2D eigenvalue weighted by Gasteiger charge is 2.18. The minimum atomic E-state index is -0.179. The van der Waals surface area contributed by atoms with Crippen molar-refractivity contribution < 1.29 is 5.11 Å². The fraction of sp³-hybridized carbons (Fsp3) is 0.312. The van der Waals surface area contributed by atoms with Crippen LogP contribution in [0.15, 0.2) is 36.8 Å². The Morgan fingerprint density at radius 2 is 2.05 bits per heavy atom. The molecular weight excluding hydrogens is 278 g/mol. The zero-order valence-corrected chi connectivity index (χ0v) is 12.1. The third-order valence-electron chi connectivity index (χ3n) is 4.09. The van der Waals surface area contributed by atoms with Gasteiger partial charge in [0.25, 0.3) is 0 Å². The van der Waals surface area contributed by atoms with E-state index in [0.717, 1.165) is 54.2 Å². The van der Waals surface area contributed by atoms with Crippen molar-refractivity contribution in [2.45, 2.75) is 18.9 Å². The molecule has 0 unspecified atom stereocenters. The molecule has 1 saturated heterocycles. The molecule has 4 heterocycles. The van der Waals surface area contributed by atoms with Crippen molar-refractivity contribution in [1.29, 1.82) is 0 Å². The Balaban J connectivity index is 1.66. The Morgan fingerprint density at radius 3 is 2.91 bits per heavy atom. The average molecular weight is 295 g/mol. The average Bonchev–Trinajstić information content (AvgIpc) is 3.03. The molecule has 4 rings (SSSR count). The van der Waals surface area contributed by atoms with Gasteiger partial charge in [-0.05, 0) is 31.0 Å². The van der Waals surface area contributed by atoms with E-state index in [-0.39, 0.29) is 6.10 Å². The molecule has 112 valence electrons. The van der Waals surface area contributed by atoms with Crippen molar-refractivity contribution in [3.8, 4) is 11.3 Å². The molecule has 1 aliphatic rings. The van der Waals surface area contributed by atoms with Crippen molar-refractivity contribution in [1.82, 2.24) is 19.9 Å². The largest absolute Gasteiger partial charge is 0.393 e. The number of piperidine rings is 1. The third-order valence-corrected chi connectivity index (χ3v) is 4.09. The summed E-state index contributed by atoms with van der Waals surface area (Å²) in [6, 6.07) is 5.91. The monoisotopic (exact) mass is 295 g/mol. The Hall–Kier alpha value is -2.47. The van der Waals surface area contributed by atoms with Crippen LogP contribution in [0.4, 0.5) is 5.82 Å². The molecule has 0 saturated carbocycles. The lowest BCUT2D eigenvalue weighted by Crippen LogP contribution is -2.36. The Bertz CT molecular complexity index is 792. The summed E-state index contributed by atoms with van der Waals surface area (Å²) in [7, 11) is 0. The molecule has 2 N–H and O–H groups in total. The smallest absolute Gasteiger partial charge is 0.156 e. The summed E-state index contributed by atoms with van der Waals surface area (Å²) in [4.78, 5) is 18.7. The van der Waals surface area contributed by atoms with Crippen molar-refractivity contribution in [3.05, 3.63) is 36.8 Å². The van der Waals surface area contributed by atoms with Gasteiger partial charge in [-0.3, -0.25) is 0 Å². The van der Waals surface area contributed by atoms with Crippen LogP contribution in [0.1, 0.15) is 12.8 Å². The fourth-order valence-electron chi connectivity index (χ4n) is 2.82. The standard InChI is InChI=1S/C16H17N5O/c22-12-3-7-21(8-4-12)15-9-11(1-5-17-15)14-10-19-16-13(20-14)2-6-18-16/h1-2,5-6,9-10,12,22H,3-4,7-8H2,(H,18,19). The van der Waals surface area contributed by atoms with Gasteiger partial charge in [0.15, 0.2) is 5.65 Å². The highest BCUT2D eigenvalue weighted by molar-refractivity contribution is 5.74. The van der Waals surface area contributed by atoms with E-state index < -0.39 is 0 Å². The number of fused-ring (bicyclic) bond motifs is 1. The van der Waals surface area contributed by atoms with Crippen molar-refractivity contribution in [3.63, 3.8) is 0 Å². The summed E-state index contributed by atoms with van der Waals surface area (Å²) in [5.74, 6) is 0.931. The van der Waals surface area contributed by atoms with E-state index in [0.29, 0.717) is 0 Å².